The molecule has 1 aromatic heterocycles. The van der Waals surface area contributed by atoms with Gasteiger partial charge in [-0.1, -0.05) is 53.8 Å². The average molecular weight is 417 g/mol. The minimum atomic E-state index is -0.430. The van der Waals surface area contributed by atoms with Crippen molar-refractivity contribution in [1.82, 2.24) is 4.98 Å². The highest BCUT2D eigenvalue weighted by Gasteiger charge is 2.21. The third kappa shape index (κ3) is 4.23. The number of benzene rings is 3. The first-order valence-electron chi connectivity index (χ1n) is 9.55. The quantitative estimate of drug-likeness (QED) is 0.416. The van der Waals surface area contributed by atoms with Crippen molar-refractivity contribution < 1.29 is 14.3 Å². The van der Waals surface area contributed by atoms with Gasteiger partial charge in [-0.25, -0.2) is 9.78 Å². The molecule has 0 N–H and O–H groups in total. The molecule has 0 aliphatic rings. The van der Waals surface area contributed by atoms with Crippen LogP contribution in [0.5, 0.6) is 0 Å². The number of hydrogen-bond donors (Lipinski definition) is 0. The fourth-order valence-electron chi connectivity index (χ4n) is 3.17. The summed E-state index contributed by atoms with van der Waals surface area (Å²) in [7, 11) is 1.33. The molecule has 0 spiro atoms. The number of thiazole rings is 1. The van der Waals surface area contributed by atoms with E-state index in [0.717, 1.165) is 15.8 Å². The van der Waals surface area contributed by atoms with Crippen LogP contribution in [-0.2, 0) is 11.2 Å². The van der Waals surface area contributed by atoms with Gasteiger partial charge in [-0.15, -0.1) is 0 Å². The number of amides is 1. The molecule has 0 saturated carbocycles. The second kappa shape index (κ2) is 8.88. The van der Waals surface area contributed by atoms with Gasteiger partial charge in [-0.2, -0.15) is 0 Å². The van der Waals surface area contributed by atoms with E-state index in [1.54, 1.807) is 29.2 Å². The Morgan fingerprint density at radius 1 is 0.900 bits per heavy atom. The number of rotatable bonds is 6. The third-order valence-corrected chi connectivity index (χ3v) is 5.84. The number of carbonyl (C=O) groups excluding carboxylic acids is 2. The van der Waals surface area contributed by atoms with Crippen LogP contribution in [0.25, 0.3) is 10.2 Å². The molecular formula is C24H20N2O3S. The minimum absolute atomic E-state index is 0.151. The molecule has 0 aliphatic carbocycles. The molecule has 4 aromatic rings. The Morgan fingerprint density at radius 2 is 1.57 bits per heavy atom. The number of nitrogens with zero attached hydrogens (tertiary/aromatic N) is 2. The Bertz CT molecular complexity index is 1140. The summed E-state index contributed by atoms with van der Waals surface area (Å²) in [6.07, 6.45) is 0.711. The lowest BCUT2D eigenvalue weighted by atomic mass is 10.1. The second-order valence-corrected chi connectivity index (χ2v) is 7.73. The van der Waals surface area contributed by atoms with E-state index in [2.05, 4.69) is 4.98 Å². The van der Waals surface area contributed by atoms with Crippen LogP contribution in [0.2, 0.25) is 0 Å². The van der Waals surface area contributed by atoms with Crippen molar-refractivity contribution in [2.75, 3.05) is 18.6 Å². The van der Waals surface area contributed by atoms with Crippen LogP contribution in [0.3, 0.4) is 0 Å². The predicted molar refractivity (Wildman–Crippen MR) is 119 cm³/mol. The highest BCUT2D eigenvalue weighted by atomic mass is 32.1. The van der Waals surface area contributed by atoms with Crippen LogP contribution in [0.4, 0.5) is 5.13 Å². The van der Waals surface area contributed by atoms with E-state index in [1.165, 1.54) is 18.4 Å². The Morgan fingerprint density at radius 3 is 2.27 bits per heavy atom. The molecule has 0 saturated heterocycles. The van der Waals surface area contributed by atoms with Crippen molar-refractivity contribution >= 4 is 38.6 Å². The van der Waals surface area contributed by atoms with Crippen LogP contribution >= 0.6 is 11.3 Å². The van der Waals surface area contributed by atoms with Crippen LogP contribution in [-0.4, -0.2) is 30.5 Å². The number of carbonyl (C=O) groups is 2. The Balaban J connectivity index is 1.65. The molecule has 0 radical (unpaired) electrons. The Labute approximate surface area is 178 Å². The summed E-state index contributed by atoms with van der Waals surface area (Å²) in [5.74, 6) is -0.581. The molecule has 4 rings (SSSR count). The van der Waals surface area contributed by atoms with E-state index in [4.69, 9.17) is 4.74 Å². The summed E-state index contributed by atoms with van der Waals surface area (Å²) >= 11 is 1.50. The highest BCUT2D eigenvalue weighted by molar-refractivity contribution is 7.22. The summed E-state index contributed by atoms with van der Waals surface area (Å²) in [5.41, 5.74) is 2.92. The number of para-hydroxylation sites is 1. The number of fused-ring (bicyclic) bond motifs is 1. The summed E-state index contributed by atoms with van der Waals surface area (Å²) in [6, 6.07) is 24.4. The van der Waals surface area contributed by atoms with Crippen molar-refractivity contribution in [2.24, 2.45) is 0 Å². The maximum absolute atomic E-state index is 13.4. The largest absolute Gasteiger partial charge is 0.465 e. The van der Waals surface area contributed by atoms with Gasteiger partial charge >= 0.3 is 5.97 Å². The number of esters is 1. The molecule has 0 bridgehead atoms. The third-order valence-electron chi connectivity index (χ3n) is 4.78. The zero-order chi connectivity index (χ0) is 20.9. The van der Waals surface area contributed by atoms with Crippen molar-refractivity contribution in [3.05, 3.63) is 95.6 Å². The monoisotopic (exact) mass is 416 g/mol. The molecular weight excluding hydrogens is 396 g/mol. The van der Waals surface area contributed by atoms with Crippen molar-refractivity contribution in [2.45, 2.75) is 6.42 Å². The first-order chi connectivity index (χ1) is 14.7. The molecule has 30 heavy (non-hydrogen) atoms. The molecule has 5 nitrogen and oxygen atoms in total. The lowest BCUT2D eigenvalue weighted by molar-refractivity contribution is 0.0600. The first-order valence-corrected chi connectivity index (χ1v) is 10.4. The predicted octanol–water partition coefficient (Wildman–Crippen LogP) is 4.97. The topological polar surface area (TPSA) is 59.5 Å². The second-order valence-electron chi connectivity index (χ2n) is 6.73. The maximum Gasteiger partial charge on any atom is 0.337 e. The van der Waals surface area contributed by atoms with Gasteiger partial charge in [0.05, 0.1) is 22.9 Å². The maximum atomic E-state index is 13.4. The molecule has 0 fully saturated rings. The SMILES string of the molecule is COC(=O)c1ccc(C(=O)N(CCc2ccccc2)c2nc3ccccc3s2)cc1. The Kier molecular flexibility index (Phi) is 5.86. The molecule has 6 heteroatoms. The van der Waals surface area contributed by atoms with E-state index in [-0.39, 0.29) is 5.91 Å². The number of anilines is 1. The van der Waals surface area contributed by atoms with Crippen LogP contribution in [0.15, 0.2) is 78.9 Å². The summed E-state index contributed by atoms with van der Waals surface area (Å²) in [5, 5.41) is 0.661. The lowest BCUT2D eigenvalue weighted by Gasteiger charge is -2.20. The molecule has 0 atom stereocenters. The van der Waals surface area contributed by atoms with Gasteiger partial charge in [0.25, 0.3) is 5.91 Å². The molecule has 3 aromatic carbocycles. The van der Waals surface area contributed by atoms with E-state index >= 15 is 0 Å². The minimum Gasteiger partial charge on any atom is -0.465 e. The van der Waals surface area contributed by atoms with Gasteiger partial charge < -0.3 is 4.74 Å². The molecule has 1 heterocycles. The van der Waals surface area contributed by atoms with Crippen molar-refractivity contribution in [3.63, 3.8) is 0 Å². The van der Waals surface area contributed by atoms with Gasteiger partial charge in [0, 0.05) is 12.1 Å². The number of aromatic nitrogens is 1. The van der Waals surface area contributed by atoms with Gasteiger partial charge in [-0.05, 0) is 48.4 Å². The van der Waals surface area contributed by atoms with Crippen LogP contribution in [0.1, 0.15) is 26.3 Å². The van der Waals surface area contributed by atoms with Gasteiger partial charge in [-0.3, -0.25) is 9.69 Å². The van der Waals surface area contributed by atoms with E-state index < -0.39 is 5.97 Å². The zero-order valence-electron chi connectivity index (χ0n) is 16.4. The molecule has 1 amide bonds. The van der Waals surface area contributed by atoms with Gasteiger partial charge in [0.2, 0.25) is 0 Å². The van der Waals surface area contributed by atoms with Gasteiger partial charge in [0.1, 0.15) is 0 Å². The Hall–Kier alpha value is -3.51. The standard InChI is InChI=1S/C24H20N2O3S/c1-29-23(28)19-13-11-18(12-14-19)22(27)26(16-15-17-7-3-2-4-8-17)24-25-20-9-5-6-10-21(20)30-24/h2-14H,15-16H2,1H3. The van der Waals surface area contributed by atoms with Crippen molar-refractivity contribution in [1.29, 1.82) is 0 Å². The number of methoxy groups -OCH3 is 1. The number of ether oxygens (including phenoxy) is 1. The van der Waals surface area contributed by atoms with Crippen LogP contribution in [0, 0.1) is 0 Å². The molecule has 0 aliphatic heterocycles. The van der Waals surface area contributed by atoms with Crippen molar-refractivity contribution in [3.8, 4) is 0 Å². The summed E-state index contributed by atoms with van der Waals surface area (Å²) < 4.78 is 5.77. The van der Waals surface area contributed by atoms with Crippen LogP contribution < -0.4 is 4.90 Å². The number of hydrogen-bond acceptors (Lipinski definition) is 5. The summed E-state index contributed by atoms with van der Waals surface area (Å²) in [6.45, 7) is 0.501. The smallest absolute Gasteiger partial charge is 0.337 e. The average Bonchev–Trinajstić information content (AvgIpc) is 3.23. The lowest BCUT2D eigenvalue weighted by Crippen LogP contribution is -2.33. The molecule has 150 valence electrons. The summed E-state index contributed by atoms with van der Waals surface area (Å²) in [4.78, 5) is 31.4. The van der Waals surface area contributed by atoms with E-state index in [0.29, 0.717) is 29.2 Å². The van der Waals surface area contributed by atoms with Gasteiger partial charge in [0.15, 0.2) is 5.13 Å². The fourth-order valence-corrected chi connectivity index (χ4v) is 4.16. The molecule has 0 unspecified atom stereocenters. The zero-order valence-corrected chi connectivity index (χ0v) is 17.3. The van der Waals surface area contributed by atoms with E-state index in [9.17, 15) is 9.59 Å². The fraction of sp³-hybridized carbons (Fsp3) is 0.125. The highest BCUT2D eigenvalue weighted by Crippen LogP contribution is 2.30. The normalized spacial score (nSPS) is 10.7. The van der Waals surface area contributed by atoms with E-state index in [1.807, 2.05) is 54.6 Å². The first kappa shape index (κ1) is 19.8.